The van der Waals surface area contributed by atoms with Crippen molar-refractivity contribution in [3.8, 4) is 11.3 Å². The minimum absolute atomic E-state index is 0.277. The first-order chi connectivity index (χ1) is 9.70. The van der Waals surface area contributed by atoms with E-state index in [2.05, 4.69) is 17.0 Å². The fourth-order valence-electron chi connectivity index (χ4n) is 3.00. The van der Waals surface area contributed by atoms with Crippen LogP contribution in [-0.2, 0) is 6.54 Å². The minimum atomic E-state index is 0.277. The molecule has 3 rings (SSSR count). The number of nitrogens with zero attached hydrogens (tertiary/aromatic N) is 2. The number of rotatable bonds is 3. The highest BCUT2D eigenvalue weighted by Crippen LogP contribution is 2.22. The van der Waals surface area contributed by atoms with Crippen molar-refractivity contribution in [1.82, 2.24) is 10.1 Å². The van der Waals surface area contributed by atoms with Crippen molar-refractivity contribution in [3.05, 3.63) is 42.1 Å². The Hall–Kier alpha value is -1.65. The molecule has 2 heterocycles. The molecule has 2 N–H and O–H groups in total. The molecule has 0 radical (unpaired) electrons. The van der Waals surface area contributed by atoms with Crippen molar-refractivity contribution in [3.63, 3.8) is 0 Å². The Morgan fingerprint density at radius 3 is 2.85 bits per heavy atom. The molecule has 0 amide bonds. The predicted molar refractivity (Wildman–Crippen MR) is 79.0 cm³/mol. The summed E-state index contributed by atoms with van der Waals surface area (Å²) in [5.41, 5.74) is 8.12. The Bertz CT molecular complexity index is 542. The standard InChI is InChI=1S/C16H21N3O/c1-12-7-14(17)10-19(9-12)11-15-8-16(20-18-15)13-5-3-2-4-6-13/h2-6,8,12,14H,7,9-11,17H2,1H3. The third kappa shape index (κ3) is 3.08. The summed E-state index contributed by atoms with van der Waals surface area (Å²) in [5, 5.41) is 4.18. The van der Waals surface area contributed by atoms with Gasteiger partial charge in [-0.1, -0.05) is 42.4 Å². The summed E-state index contributed by atoms with van der Waals surface area (Å²) in [4.78, 5) is 2.37. The zero-order valence-electron chi connectivity index (χ0n) is 11.8. The van der Waals surface area contributed by atoms with Gasteiger partial charge in [-0.15, -0.1) is 0 Å². The first-order valence-corrected chi connectivity index (χ1v) is 7.19. The van der Waals surface area contributed by atoms with Crippen molar-refractivity contribution >= 4 is 0 Å². The van der Waals surface area contributed by atoms with Crippen LogP contribution in [0.5, 0.6) is 0 Å². The molecule has 1 aliphatic heterocycles. The lowest BCUT2D eigenvalue weighted by atomic mass is 9.96. The number of likely N-dealkylation sites (tertiary alicyclic amines) is 1. The number of nitrogens with two attached hydrogens (primary N) is 1. The lowest BCUT2D eigenvalue weighted by Crippen LogP contribution is -2.45. The second kappa shape index (κ2) is 5.77. The fourth-order valence-corrected chi connectivity index (χ4v) is 3.00. The number of hydrogen-bond acceptors (Lipinski definition) is 4. The Morgan fingerprint density at radius 2 is 2.10 bits per heavy atom. The fraction of sp³-hybridized carbons (Fsp3) is 0.438. The van der Waals surface area contributed by atoms with Crippen LogP contribution in [-0.4, -0.2) is 29.2 Å². The van der Waals surface area contributed by atoms with Crippen molar-refractivity contribution in [1.29, 1.82) is 0 Å². The lowest BCUT2D eigenvalue weighted by Gasteiger charge is -2.34. The van der Waals surface area contributed by atoms with Crippen LogP contribution < -0.4 is 5.73 Å². The van der Waals surface area contributed by atoms with Crippen molar-refractivity contribution in [2.75, 3.05) is 13.1 Å². The molecule has 1 aromatic carbocycles. The van der Waals surface area contributed by atoms with Crippen LogP contribution in [0.2, 0.25) is 0 Å². The van der Waals surface area contributed by atoms with Crippen LogP contribution in [0.4, 0.5) is 0 Å². The molecular weight excluding hydrogens is 250 g/mol. The third-order valence-corrected chi connectivity index (χ3v) is 3.77. The van der Waals surface area contributed by atoms with Crippen LogP contribution in [0.3, 0.4) is 0 Å². The van der Waals surface area contributed by atoms with E-state index in [1.54, 1.807) is 0 Å². The van der Waals surface area contributed by atoms with Gasteiger partial charge < -0.3 is 10.3 Å². The van der Waals surface area contributed by atoms with Crippen LogP contribution in [0.25, 0.3) is 11.3 Å². The Labute approximate surface area is 119 Å². The average Bonchev–Trinajstić information content (AvgIpc) is 2.87. The lowest BCUT2D eigenvalue weighted by molar-refractivity contribution is 0.155. The Balaban J connectivity index is 1.68. The molecule has 1 saturated heterocycles. The summed E-state index contributed by atoms with van der Waals surface area (Å²) >= 11 is 0. The predicted octanol–water partition coefficient (Wildman–Crippen LogP) is 2.51. The average molecular weight is 271 g/mol. The Morgan fingerprint density at radius 1 is 1.30 bits per heavy atom. The molecule has 2 atom stereocenters. The van der Waals surface area contributed by atoms with E-state index in [1.807, 2.05) is 36.4 Å². The van der Waals surface area contributed by atoms with E-state index in [0.29, 0.717) is 5.92 Å². The molecule has 0 aliphatic carbocycles. The number of hydrogen-bond donors (Lipinski definition) is 1. The van der Waals surface area contributed by atoms with E-state index in [1.165, 1.54) is 0 Å². The molecule has 20 heavy (non-hydrogen) atoms. The van der Waals surface area contributed by atoms with Crippen molar-refractivity contribution < 1.29 is 4.52 Å². The van der Waals surface area contributed by atoms with Gasteiger partial charge in [0.1, 0.15) is 0 Å². The van der Waals surface area contributed by atoms with E-state index < -0.39 is 0 Å². The summed E-state index contributed by atoms with van der Waals surface area (Å²) in [6.45, 7) is 5.09. The van der Waals surface area contributed by atoms with Gasteiger partial charge in [0.2, 0.25) is 0 Å². The van der Waals surface area contributed by atoms with Gasteiger partial charge in [-0.05, 0) is 12.3 Å². The molecular formula is C16H21N3O. The highest BCUT2D eigenvalue weighted by atomic mass is 16.5. The molecule has 2 unspecified atom stereocenters. The number of aromatic nitrogens is 1. The van der Waals surface area contributed by atoms with Gasteiger partial charge in [0, 0.05) is 37.3 Å². The molecule has 1 aromatic heterocycles. The number of piperidine rings is 1. The van der Waals surface area contributed by atoms with Crippen molar-refractivity contribution in [2.24, 2.45) is 11.7 Å². The molecule has 0 spiro atoms. The van der Waals surface area contributed by atoms with E-state index in [4.69, 9.17) is 10.3 Å². The molecule has 1 aliphatic rings. The second-order valence-electron chi connectivity index (χ2n) is 5.84. The first-order valence-electron chi connectivity index (χ1n) is 7.19. The molecule has 1 fully saturated rings. The highest BCUT2D eigenvalue weighted by Gasteiger charge is 2.23. The highest BCUT2D eigenvalue weighted by molar-refractivity contribution is 5.56. The molecule has 2 aromatic rings. The van der Waals surface area contributed by atoms with Gasteiger partial charge in [-0.3, -0.25) is 4.90 Å². The van der Waals surface area contributed by atoms with Gasteiger partial charge in [0.05, 0.1) is 5.69 Å². The van der Waals surface area contributed by atoms with E-state index in [9.17, 15) is 0 Å². The summed E-state index contributed by atoms with van der Waals surface area (Å²) in [7, 11) is 0. The normalized spacial score (nSPS) is 23.9. The summed E-state index contributed by atoms with van der Waals surface area (Å²) in [6, 6.07) is 12.4. The van der Waals surface area contributed by atoms with Gasteiger partial charge in [0.25, 0.3) is 0 Å². The summed E-state index contributed by atoms with van der Waals surface area (Å²) in [6.07, 6.45) is 1.12. The summed E-state index contributed by atoms with van der Waals surface area (Å²) < 4.78 is 5.44. The molecule has 0 saturated carbocycles. The second-order valence-corrected chi connectivity index (χ2v) is 5.84. The molecule has 4 nitrogen and oxygen atoms in total. The van der Waals surface area contributed by atoms with E-state index in [0.717, 1.165) is 43.1 Å². The number of benzene rings is 1. The maximum atomic E-state index is 6.08. The molecule has 4 heteroatoms. The van der Waals surface area contributed by atoms with E-state index >= 15 is 0 Å². The van der Waals surface area contributed by atoms with Gasteiger partial charge in [-0.2, -0.15) is 0 Å². The maximum Gasteiger partial charge on any atom is 0.167 e. The summed E-state index contributed by atoms with van der Waals surface area (Å²) in [5.74, 6) is 1.48. The topological polar surface area (TPSA) is 55.3 Å². The van der Waals surface area contributed by atoms with Crippen molar-refractivity contribution in [2.45, 2.75) is 25.9 Å². The zero-order chi connectivity index (χ0) is 13.9. The monoisotopic (exact) mass is 271 g/mol. The molecule has 0 bridgehead atoms. The van der Waals surface area contributed by atoms with Gasteiger partial charge in [0.15, 0.2) is 5.76 Å². The SMILES string of the molecule is CC1CC(N)CN(Cc2cc(-c3ccccc3)on2)C1. The quantitative estimate of drug-likeness (QED) is 0.932. The van der Waals surface area contributed by atoms with E-state index in [-0.39, 0.29) is 6.04 Å². The third-order valence-electron chi connectivity index (χ3n) is 3.77. The van der Waals surface area contributed by atoms with Gasteiger partial charge >= 0.3 is 0 Å². The van der Waals surface area contributed by atoms with Gasteiger partial charge in [-0.25, -0.2) is 0 Å². The zero-order valence-corrected chi connectivity index (χ0v) is 11.8. The van der Waals surface area contributed by atoms with Crippen LogP contribution in [0.1, 0.15) is 19.0 Å². The Kier molecular flexibility index (Phi) is 3.85. The smallest absolute Gasteiger partial charge is 0.167 e. The largest absolute Gasteiger partial charge is 0.356 e. The first kappa shape index (κ1) is 13.3. The van der Waals surface area contributed by atoms with Crippen LogP contribution >= 0.6 is 0 Å². The van der Waals surface area contributed by atoms with Crippen LogP contribution in [0.15, 0.2) is 40.9 Å². The van der Waals surface area contributed by atoms with Crippen LogP contribution in [0, 0.1) is 5.92 Å². The molecule has 106 valence electrons. The minimum Gasteiger partial charge on any atom is -0.356 e. The maximum absolute atomic E-state index is 6.08.